The number of urea groups is 1. The van der Waals surface area contributed by atoms with E-state index in [1.54, 1.807) is 18.5 Å². The Balaban J connectivity index is 1.20. The smallest absolute Gasteiger partial charge is 0.318 e. The molecule has 3 aliphatic carbocycles. The van der Waals surface area contributed by atoms with Gasteiger partial charge in [-0.2, -0.15) is 5.10 Å². The molecule has 3 aromatic heterocycles. The second-order valence-corrected chi connectivity index (χ2v) is 12.1. The highest BCUT2D eigenvalue weighted by molar-refractivity contribution is 5.93. The number of halogens is 4. The molecule has 3 amide bonds. The lowest BCUT2D eigenvalue weighted by atomic mass is 9.81. The van der Waals surface area contributed by atoms with Crippen LogP contribution in [0.25, 0.3) is 5.65 Å². The Morgan fingerprint density at radius 1 is 1.05 bits per heavy atom. The second-order valence-electron chi connectivity index (χ2n) is 12.1. The highest BCUT2D eigenvalue weighted by Crippen LogP contribution is 2.46. The molecule has 2 N–H and O–H groups in total. The molecule has 2 atom stereocenters. The van der Waals surface area contributed by atoms with Crippen LogP contribution in [0.4, 0.5) is 22.4 Å². The summed E-state index contributed by atoms with van der Waals surface area (Å²) in [6, 6.07) is -0.148. The molecule has 7 rings (SSSR count). The number of amides is 3. The molecule has 0 radical (unpaired) electrons. The number of carbonyl (C=O) groups is 2. The number of fused-ring (bicyclic) bond motifs is 1. The van der Waals surface area contributed by atoms with Crippen LogP contribution in [-0.2, 0) is 0 Å². The Morgan fingerprint density at radius 3 is 2.52 bits per heavy atom. The maximum Gasteiger partial charge on any atom is 0.318 e. The fourth-order valence-corrected chi connectivity index (χ4v) is 6.26. The van der Waals surface area contributed by atoms with Gasteiger partial charge in [0, 0.05) is 18.8 Å². The first-order valence-corrected chi connectivity index (χ1v) is 14.4. The van der Waals surface area contributed by atoms with E-state index in [0.29, 0.717) is 22.6 Å². The van der Waals surface area contributed by atoms with Crippen LogP contribution in [0.1, 0.15) is 96.8 Å². The van der Waals surface area contributed by atoms with Crippen LogP contribution >= 0.6 is 0 Å². The van der Waals surface area contributed by atoms with Gasteiger partial charge in [-0.15, -0.1) is 0 Å². The summed E-state index contributed by atoms with van der Waals surface area (Å²) in [5.74, 6) is -6.51. The zero-order valence-corrected chi connectivity index (χ0v) is 22.6. The molecule has 224 valence electrons. The summed E-state index contributed by atoms with van der Waals surface area (Å²) in [6.45, 7) is -1.39. The zero-order chi connectivity index (χ0) is 29.2. The summed E-state index contributed by atoms with van der Waals surface area (Å²) in [7, 11) is 0. The van der Waals surface area contributed by atoms with Crippen LogP contribution < -0.4 is 10.6 Å². The highest BCUT2D eigenvalue weighted by Gasteiger charge is 2.47. The van der Waals surface area contributed by atoms with Gasteiger partial charge in [-0.3, -0.25) is 4.79 Å². The van der Waals surface area contributed by atoms with Gasteiger partial charge in [-0.25, -0.2) is 36.5 Å². The molecular formula is C27H30F4N8O3. The van der Waals surface area contributed by atoms with E-state index in [1.165, 1.54) is 9.42 Å². The number of carbonyl (C=O) groups excluding carboxylic acids is 2. The van der Waals surface area contributed by atoms with Gasteiger partial charge < -0.3 is 15.5 Å². The van der Waals surface area contributed by atoms with Crippen molar-refractivity contribution in [1.82, 2.24) is 40.4 Å². The normalized spacial score (nSPS) is 23.9. The minimum atomic E-state index is -3.06. The average molecular weight is 591 g/mol. The van der Waals surface area contributed by atoms with E-state index in [4.69, 9.17) is 9.61 Å². The first-order chi connectivity index (χ1) is 20.1. The SMILES string of the molecule is O=C(NC(c1cn2ncc(C(C3CC3)N3CC(F)(F)CNC3=O)cc2n1)C1CCC(F)(F)CC1)c1nonc1C1CC1. The minimum absolute atomic E-state index is 0.0241. The van der Waals surface area contributed by atoms with Crippen LogP contribution in [0.5, 0.6) is 0 Å². The van der Waals surface area contributed by atoms with Crippen molar-refractivity contribution in [3.8, 4) is 0 Å². The van der Waals surface area contributed by atoms with E-state index < -0.39 is 49.0 Å². The molecule has 3 saturated carbocycles. The van der Waals surface area contributed by atoms with Crippen molar-refractivity contribution in [3.63, 3.8) is 0 Å². The largest absolute Gasteiger partial charge is 0.342 e. The fourth-order valence-electron chi connectivity index (χ4n) is 6.26. The Morgan fingerprint density at radius 2 is 1.81 bits per heavy atom. The predicted octanol–water partition coefficient (Wildman–Crippen LogP) is 4.40. The van der Waals surface area contributed by atoms with Gasteiger partial charge >= 0.3 is 6.03 Å². The van der Waals surface area contributed by atoms with E-state index in [0.717, 1.165) is 25.7 Å². The second kappa shape index (κ2) is 9.90. The molecule has 15 heteroatoms. The number of imidazole rings is 1. The summed E-state index contributed by atoms with van der Waals surface area (Å²) >= 11 is 0. The lowest BCUT2D eigenvalue weighted by Gasteiger charge is -2.38. The molecule has 42 heavy (non-hydrogen) atoms. The topological polar surface area (TPSA) is 131 Å². The van der Waals surface area contributed by atoms with E-state index in [1.807, 2.05) is 0 Å². The number of nitrogens with one attached hydrogen (secondary N) is 2. The van der Waals surface area contributed by atoms with Crippen LogP contribution in [0.15, 0.2) is 23.1 Å². The number of rotatable bonds is 8. The number of hydrogen-bond donors (Lipinski definition) is 2. The average Bonchev–Trinajstić information content (AvgIpc) is 3.88. The minimum Gasteiger partial charge on any atom is -0.342 e. The molecule has 4 heterocycles. The number of alkyl halides is 4. The standard InChI is InChI=1S/C27H30F4N8O3/c28-26(29)7-5-15(6-8-26)20(35-24(40)22-21(14-1-2-14)36-42-37-22)18-11-39-19(34-18)9-17(10-33-39)23(16-3-4-16)38-13-27(30,31)12-32-25(38)41/h9-11,14-16,20,23H,1-8,12-13H2,(H,32,41)(H,35,40). The molecule has 11 nitrogen and oxygen atoms in total. The van der Waals surface area contributed by atoms with Crippen molar-refractivity contribution in [2.45, 2.75) is 81.2 Å². The van der Waals surface area contributed by atoms with Gasteiger partial charge in [0.2, 0.25) is 5.92 Å². The molecule has 1 aliphatic heterocycles. The van der Waals surface area contributed by atoms with Gasteiger partial charge in [0.05, 0.1) is 43.3 Å². The summed E-state index contributed by atoms with van der Waals surface area (Å²) in [5, 5.41) is 17.4. The van der Waals surface area contributed by atoms with Gasteiger partial charge in [0.15, 0.2) is 11.3 Å². The van der Waals surface area contributed by atoms with Crippen molar-refractivity contribution in [2.75, 3.05) is 13.1 Å². The van der Waals surface area contributed by atoms with E-state index >= 15 is 0 Å². The molecule has 4 aliphatic rings. The lowest BCUT2D eigenvalue weighted by molar-refractivity contribution is -0.0495. The third-order valence-corrected chi connectivity index (χ3v) is 8.80. The molecule has 0 aromatic carbocycles. The van der Waals surface area contributed by atoms with Crippen molar-refractivity contribution < 1.29 is 31.8 Å². The zero-order valence-electron chi connectivity index (χ0n) is 22.6. The summed E-state index contributed by atoms with van der Waals surface area (Å²) < 4.78 is 62.9. The van der Waals surface area contributed by atoms with Crippen molar-refractivity contribution in [3.05, 3.63) is 41.1 Å². The Labute approximate surface area is 237 Å². The van der Waals surface area contributed by atoms with Gasteiger partial charge in [-0.1, -0.05) is 5.16 Å². The maximum absolute atomic E-state index is 14.3. The summed E-state index contributed by atoms with van der Waals surface area (Å²) in [5.41, 5.74) is 1.96. The highest BCUT2D eigenvalue weighted by atomic mass is 19.3. The van der Waals surface area contributed by atoms with Crippen molar-refractivity contribution >= 4 is 17.6 Å². The van der Waals surface area contributed by atoms with E-state index in [9.17, 15) is 27.2 Å². The third-order valence-electron chi connectivity index (χ3n) is 8.80. The van der Waals surface area contributed by atoms with Gasteiger partial charge in [-0.05, 0) is 67.1 Å². The molecule has 4 fully saturated rings. The molecule has 2 unspecified atom stereocenters. The third kappa shape index (κ3) is 5.28. The molecular weight excluding hydrogens is 560 g/mol. The predicted molar refractivity (Wildman–Crippen MR) is 137 cm³/mol. The number of aromatic nitrogens is 5. The van der Waals surface area contributed by atoms with Crippen molar-refractivity contribution in [2.24, 2.45) is 11.8 Å². The summed E-state index contributed by atoms with van der Waals surface area (Å²) in [4.78, 5) is 31.8. The first kappa shape index (κ1) is 27.1. The first-order valence-electron chi connectivity index (χ1n) is 14.4. The van der Waals surface area contributed by atoms with Crippen LogP contribution in [-0.4, -0.2) is 66.7 Å². The number of nitrogens with zero attached hydrogens (tertiary/aromatic N) is 6. The Kier molecular flexibility index (Phi) is 6.38. The molecule has 1 saturated heterocycles. The van der Waals surface area contributed by atoms with E-state index in [2.05, 4.69) is 26.0 Å². The van der Waals surface area contributed by atoms with Gasteiger partial charge in [0.25, 0.3) is 11.8 Å². The molecule has 0 bridgehead atoms. The van der Waals surface area contributed by atoms with Crippen molar-refractivity contribution in [1.29, 1.82) is 0 Å². The lowest BCUT2D eigenvalue weighted by Crippen LogP contribution is -2.58. The Hall–Kier alpha value is -3.78. The molecule has 0 spiro atoms. The quantitative estimate of drug-likeness (QED) is 0.372. The van der Waals surface area contributed by atoms with Crippen LogP contribution in [0, 0.1) is 11.8 Å². The van der Waals surface area contributed by atoms with Crippen LogP contribution in [0.2, 0.25) is 0 Å². The summed E-state index contributed by atoms with van der Waals surface area (Å²) in [6.07, 6.45) is 6.29. The van der Waals surface area contributed by atoms with E-state index in [-0.39, 0.29) is 49.1 Å². The van der Waals surface area contributed by atoms with Crippen LogP contribution in [0.3, 0.4) is 0 Å². The molecule has 3 aromatic rings. The van der Waals surface area contributed by atoms with Gasteiger partial charge in [0.1, 0.15) is 5.69 Å². The fraction of sp³-hybridized carbons (Fsp3) is 0.630. The number of hydrogen-bond acceptors (Lipinski definition) is 7. The maximum atomic E-state index is 14.3. The monoisotopic (exact) mass is 590 g/mol. The Bertz CT molecular complexity index is 1510.